The molecular weight excluding hydrogens is 190 g/mol. The number of aliphatic carboxylic acids is 1. The highest BCUT2D eigenvalue weighted by Crippen LogP contribution is 2.30. The van der Waals surface area contributed by atoms with E-state index in [-0.39, 0.29) is 5.92 Å². The van der Waals surface area contributed by atoms with Crippen molar-refractivity contribution in [2.75, 3.05) is 0 Å². The molecule has 1 aromatic rings. The quantitative estimate of drug-likeness (QED) is 0.824. The smallest absolute Gasteiger partial charge is 0.310 e. The maximum Gasteiger partial charge on any atom is 0.310 e. The van der Waals surface area contributed by atoms with E-state index < -0.39 is 11.4 Å². The third-order valence-corrected chi connectivity index (χ3v) is 3.04. The predicted octanol–water partition coefficient (Wildman–Crippen LogP) is 2.37. The maximum absolute atomic E-state index is 11.2. The highest BCUT2D eigenvalue weighted by atomic mass is 16.4. The maximum atomic E-state index is 11.2. The fourth-order valence-electron chi connectivity index (χ4n) is 1.41. The number of pyridine rings is 1. The molecule has 0 bridgehead atoms. The Kier molecular flexibility index (Phi) is 3.45. The third-order valence-electron chi connectivity index (χ3n) is 3.04. The molecule has 15 heavy (non-hydrogen) atoms. The molecule has 0 saturated heterocycles. The Hall–Kier alpha value is -1.38. The van der Waals surface area contributed by atoms with Crippen molar-refractivity contribution in [3.63, 3.8) is 0 Å². The first kappa shape index (κ1) is 11.7. The lowest BCUT2D eigenvalue weighted by Crippen LogP contribution is -2.35. The van der Waals surface area contributed by atoms with Crippen molar-refractivity contribution in [3.05, 3.63) is 30.1 Å². The molecular formula is C12H17NO2. The van der Waals surface area contributed by atoms with Crippen LogP contribution in [0.25, 0.3) is 0 Å². The zero-order valence-electron chi connectivity index (χ0n) is 9.40. The minimum Gasteiger partial charge on any atom is -0.481 e. The number of carboxylic acid groups (broad SMARTS) is 1. The fraction of sp³-hybridized carbons (Fsp3) is 0.500. The largest absolute Gasteiger partial charge is 0.481 e. The van der Waals surface area contributed by atoms with E-state index in [2.05, 4.69) is 4.98 Å². The number of hydrogen-bond acceptors (Lipinski definition) is 2. The molecule has 1 N–H and O–H groups in total. The lowest BCUT2D eigenvalue weighted by atomic mass is 9.75. The van der Waals surface area contributed by atoms with Gasteiger partial charge in [-0.3, -0.25) is 9.78 Å². The summed E-state index contributed by atoms with van der Waals surface area (Å²) in [6.45, 7) is 5.63. The van der Waals surface area contributed by atoms with Crippen LogP contribution in [0.1, 0.15) is 26.5 Å². The standard InChI is InChI=1S/C12H17NO2/c1-9(2)12(3,11(14)15)8-10-6-4-5-7-13-10/h4-7,9H,8H2,1-3H3,(H,14,15). The normalized spacial score (nSPS) is 14.9. The molecule has 0 fully saturated rings. The van der Waals surface area contributed by atoms with E-state index in [4.69, 9.17) is 0 Å². The molecule has 0 aliphatic carbocycles. The summed E-state index contributed by atoms with van der Waals surface area (Å²) >= 11 is 0. The minimum absolute atomic E-state index is 0.0806. The summed E-state index contributed by atoms with van der Waals surface area (Å²) < 4.78 is 0. The van der Waals surface area contributed by atoms with Gasteiger partial charge in [-0.15, -0.1) is 0 Å². The minimum atomic E-state index is -0.761. The first-order chi connectivity index (χ1) is 6.97. The van der Waals surface area contributed by atoms with E-state index in [1.54, 1.807) is 13.1 Å². The molecule has 1 aromatic heterocycles. The number of aromatic nitrogens is 1. The monoisotopic (exact) mass is 207 g/mol. The van der Waals surface area contributed by atoms with Crippen LogP contribution < -0.4 is 0 Å². The number of nitrogens with zero attached hydrogens (tertiary/aromatic N) is 1. The van der Waals surface area contributed by atoms with Crippen LogP contribution in [0.3, 0.4) is 0 Å². The lowest BCUT2D eigenvalue weighted by Gasteiger charge is -2.28. The molecule has 82 valence electrons. The van der Waals surface area contributed by atoms with Crippen LogP contribution in [0, 0.1) is 11.3 Å². The second-order valence-corrected chi connectivity index (χ2v) is 4.38. The molecule has 0 aliphatic rings. The van der Waals surface area contributed by atoms with E-state index in [9.17, 15) is 9.90 Å². The average Bonchev–Trinajstić information content (AvgIpc) is 2.18. The van der Waals surface area contributed by atoms with E-state index in [0.717, 1.165) is 5.69 Å². The summed E-state index contributed by atoms with van der Waals surface area (Å²) in [5, 5.41) is 9.24. The Balaban J connectivity index is 2.90. The van der Waals surface area contributed by atoms with Crippen LogP contribution in [-0.4, -0.2) is 16.1 Å². The molecule has 3 heteroatoms. The number of rotatable bonds is 4. The Morgan fingerprint density at radius 2 is 2.20 bits per heavy atom. The highest BCUT2D eigenvalue weighted by Gasteiger charge is 2.36. The summed E-state index contributed by atoms with van der Waals surface area (Å²) in [6, 6.07) is 5.57. The number of hydrogen-bond donors (Lipinski definition) is 1. The highest BCUT2D eigenvalue weighted by molar-refractivity contribution is 5.74. The zero-order chi connectivity index (χ0) is 11.5. The second kappa shape index (κ2) is 4.43. The summed E-state index contributed by atoms with van der Waals surface area (Å²) in [4.78, 5) is 15.4. The first-order valence-electron chi connectivity index (χ1n) is 5.10. The van der Waals surface area contributed by atoms with Crippen LogP contribution >= 0.6 is 0 Å². The van der Waals surface area contributed by atoms with Gasteiger partial charge in [-0.1, -0.05) is 19.9 Å². The molecule has 0 saturated carbocycles. The van der Waals surface area contributed by atoms with Crippen molar-refractivity contribution >= 4 is 5.97 Å². The summed E-state index contributed by atoms with van der Waals surface area (Å²) in [5.74, 6) is -0.680. The van der Waals surface area contributed by atoms with E-state index in [1.807, 2.05) is 32.0 Å². The van der Waals surface area contributed by atoms with Crippen molar-refractivity contribution in [2.24, 2.45) is 11.3 Å². The molecule has 3 nitrogen and oxygen atoms in total. The Labute approximate surface area is 90.2 Å². The van der Waals surface area contributed by atoms with Gasteiger partial charge in [-0.2, -0.15) is 0 Å². The molecule has 1 rings (SSSR count). The Morgan fingerprint density at radius 3 is 2.60 bits per heavy atom. The molecule has 1 atom stereocenters. The van der Waals surface area contributed by atoms with Crippen molar-refractivity contribution in [1.29, 1.82) is 0 Å². The van der Waals surface area contributed by atoms with E-state index >= 15 is 0 Å². The van der Waals surface area contributed by atoms with Crippen LogP contribution in [0.4, 0.5) is 0 Å². The van der Waals surface area contributed by atoms with Crippen LogP contribution in [0.2, 0.25) is 0 Å². The summed E-state index contributed by atoms with van der Waals surface area (Å²) in [7, 11) is 0. The van der Waals surface area contributed by atoms with Crippen molar-refractivity contribution in [1.82, 2.24) is 4.98 Å². The second-order valence-electron chi connectivity index (χ2n) is 4.38. The van der Waals surface area contributed by atoms with Crippen LogP contribution in [0.15, 0.2) is 24.4 Å². The molecule has 1 unspecified atom stereocenters. The molecule has 0 aliphatic heterocycles. The SMILES string of the molecule is CC(C)C(C)(Cc1ccccn1)C(=O)O. The van der Waals surface area contributed by atoms with Crippen LogP contribution in [-0.2, 0) is 11.2 Å². The van der Waals surface area contributed by atoms with Gasteiger partial charge in [-0.05, 0) is 25.0 Å². The molecule has 0 aromatic carbocycles. The van der Waals surface area contributed by atoms with E-state index in [0.29, 0.717) is 6.42 Å². The lowest BCUT2D eigenvalue weighted by molar-refractivity contribution is -0.150. The van der Waals surface area contributed by atoms with Gasteiger partial charge in [0, 0.05) is 18.3 Å². The van der Waals surface area contributed by atoms with Gasteiger partial charge in [-0.25, -0.2) is 0 Å². The van der Waals surface area contributed by atoms with Gasteiger partial charge in [0.05, 0.1) is 5.41 Å². The van der Waals surface area contributed by atoms with Gasteiger partial charge in [0.25, 0.3) is 0 Å². The Morgan fingerprint density at radius 1 is 1.53 bits per heavy atom. The fourth-order valence-corrected chi connectivity index (χ4v) is 1.41. The zero-order valence-corrected chi connectivity index (χ0v) is 9.40. The van der Waals surface area contributed by atoms with Crippen molar-refractivity contribution in [3.8, 4) is 0 Å². The summed E-state index contributed by atoms with van der Waals surface area (Å²) in [5.41, 5.74) is 0.0880. The predicted molar refractivity (Wildman–Crippen MR) is 58.5 cm³/mol. The van der Waals surface area contributed by atoms with E-state index in [1.165, 1.54) is 0 Å². The molecule has 0 radical (unpaired) electrons. The molecule has 0 spiro atoms. The van der Waals surface area contributed by atoms with Crippen LogP contribution in [0.5, 0.6) is 0 Å². The van der Waals surface area contributed by atoms with Gasteiger partial charge in [0.15, 0.2) is 0 Å². The Bertz CT molecular complexity index is 335. The first-order valence-corrected chi connectivity index (χ1v) is 5.10. The average molecular weight is 207 g/mol. The van der Waals surface area contributed by atoms with Gasteiger partial charge in [0.1, 0.15) is 0 Å². The van der Waals surface area contributed by atoms with Gasteiger partial charge in [0.2, 0.25) is 0 Å². The molecule has 0 amide bonds. The van der Waals surface area contributed by atoms with Gasteiger partial charge >= 0.3 is 5.97 Å². The number of carbonyl (C=O) groups is 1. The number of carboxylic acids is 1. The van der Waals surface area contributed by atoms with Gasteiger partial charge < -0.3 is 5.11 Å². The summed E-state index contributed by atoms with van der Waals surface area (Å²) in [6.07, 6.45) is 2.17. The van der Waals surface area contributed by atoms with Crippen molar-refractivity contribution in [2.45, 2.75) is 27.2 Å². The van der Waals surface area contributed by atoms with Crippen molar-refractivity contribution < 1.29 is 9.90 Å². The molecule has 1 heterocycles. The topological polar surface area (TPSA) is 50.2 Å². The third kappa shape index (κ3) is 2.55.